The molecule has 0 bridgehead atoms. The van der Waals surface area contributed by atoms with Crippen LogP contribution < -0.4 is 30.3 Å². The van der Waals surface area contributed by atoms with Gasteiger partial charge in [0.05, 0.1) is 38.5 Å². The first-order chi connectivity index (χ1) is 18.1. The molecular weight excluding hydrogens is 537 g/mol. The molecule has 4 amide bonds. The van der Waals surface area contributed by atoms with Gasteiger partial charge in [-0.25, -0.2) is 9.79 Å². The van der Waals surface area contributed by atoms with Crippen LogP contribution in [0.2, 0.25) is 10.0 Å². The van der Waals surface area contributed by atoms with Gasteiger partial charge in [-0.05, 0) is 25.3 Å². The number of hydrogen-bond acceptors (Lipinski definition) is 6. The Morgan fingerprint density at radius 3 is 2.37 bits per heavy atom. The van der Waals surface area contributed by atoms with Crippen LogP contribution >= 0.6 is 23.2 Å². The number of ether oxygens (including phenoxy) is 2. The first-order valence-corrected chi connectivity index (χ1v) is 12.2. The molecule has 1 aromatic carbocycles. The Kier molecular flexibility index (Phi) is 9.23. The summed E-state index contributed by atoms with van der Waals surface area (Å²) >= 11 is 13.1. The Bertz CT molecular complexity index is 1200. The third-order valence-electron chi connectivity index (χ3n) is 6.03. The lowest BCUT2D eigenvalue weighted by molar-refractivity contribution is -0.124. The summed E-state index contributed by atoms with van der Waals surface area (Å²) in [6.45, 7) is 9.13. The molecule has 1 saturated heterocycles. The van der Waals surface area contributed by atoms with Crippen LogP contribution in [0.25, 0.3) is 0 Å². The largest absolute Gasteiger partial charge is 0.495 e. The van der Waals surface area contributed by atoms with Crippen molar-refractivity contribution in [2.24, 2.45) is 9.98 Å². The molecule has 14 heteroatoms. The Morgan fingerprint density at radius 2 is 1.82 bits per heavy atom. The van der Waals surface area contributed by atoms with E-state index < -0.39 is 24.0 Å². The van der Waals surface area contributed by atoms with E-state index in [-0.39, 0.29) is 47.1 Å². The summed E-state index contributed by atoms with van der Waals surface area (Å²) in [5.74, 6) is 0.405. The van der Waals surface area contributed by atoms with Gasteiger partial charge >= 0.3 is 6.03 Å². The lowest BCUT2D eigenvalue weighted by Crippen LogP contribution is -2.61. The number of nitrogens with zero attached hydrogens (tertiary/aromatic N) is 4. The number of guanidine groups is 1. The molecule has 3 rings (SSSR count). The number of carbonyl (C=O) groups excluding carboxylic acids is 3. The molecule has 1 aromatic rings. The van der Waals surface area contributed by atoms with Gasteiger partial charge in [0.25, 0.3) is 0 Å². The molecule has 38 heavy (non-hydrogen) atoms. The summed E-state index contributed by atoms with van der Waals surface area (Å²) in [7, 11) is 4.44. The maximum Gasteiger partial charge on any atom is 0.330 e. The molecule has 0 aromatic heterocycles. The molecular formula is C24H29Cl2N7O5. The van der Waals surface area contributed by atoms with Gasteiger partial charge in [-0.15, -0.1) is 0 Å². The molecule has 2 heterocycles. The molecule has 1 fully saturated rings. The minimum atomic E-state index is -0.537. The highest BCUT2D eigenvalue weighted by atomic mass is 35.5. The SMILES string of the molecule is C=CC(=O)NC1CC(=O)NCC1N/C(N=C)=N/C1=C(C)CN(c2c(Cl)c(OC)cc(OC)c2Cl)C(=O)N1C. The number of amides is 4. The van der Waals surface area contributed by atoms with E-state index in [0.717, 1.165) is 6.08 Å². The van der Waals surface area contributed by atoms with Crippen LogP contribution in [0.5, 0.6) is 11.5 Å². The predicted octanol–water partition coefficient (Wildman–Crippen LogP) is 2.32. The van der Waals surface area contributed by atoms with E-state index in [0.29, 0.717) is 22.9 Å². The lowest BCUT2D eigenvalue weighted by Gasteiger charge is -2.36. The number of carbonyl (C=O) groups is 3. The van der Waals surface area contributed by atoms with Gasteiger partial charge in [0.15, 0.2) is 0 Å². The van der Waals surface area contributed by atoms with Gasteiger partial charge < -0.3 is 25.4 Å². The van der Waals surface area contributed by atoms with Crippen LogP contribution in [0.4, 0.5) is 10.5 Å². The predicted molar refractivity (Wildman–Crippen MR) is 146 cm³/mol. The molecule has 0 saturated carbocycles. The fourth-order valence-corrected chi connectivity index (χ4v) is 4.80. The third kappa shape index (κ3) is 5.86. The van der Waals surface area contributed by atoms with Gasteiger partial charge in [0.1, 0.15) is 27.4 Å². The zero-order chi connectivity index (χ0) is 28.1. The number of nitrogens with one attached hydrogen (secondary N) is 3. The number of hydrogen-bond donors (Lipinski definition) is 3. The molecule has 2 aliphatic rings. The normalized spacial score (nSPS) is 20.1. The monoisotopic (exact) mass is 565 g/mol. The van der Waals surface area contributed by atoms with Crippen molar-refractivity contribution >= 4 is 59.4 Å². The second-order valence-electron chi connectivity index (χ2n) is 8.46. The minimum Gasteiger partial charge on any atom is -0.495 e. The maximum absolute atomic E-state index is 13.5. The molecule has 204 valence electrons. The summed E-state index contributed by atoms with van der Waals surface area (Å²) in [6, 6.07) is 0.101. The number of anilines is 1. The molecule has 0 spiro atoms. The van der Waals surface area contributed by atoms with Crippen molar-refractivity contribution < 1.29 is 23.9 Å². The third-order valence-corrected chi connectivity index (χ3v) is 6.76. The summed E-state index contributed by atoms with van der Waals surface area (Å²) < 4.78 is 10.7. The molecule has 12 nitrogen and oxygen atoms in total. The number of urea groups is 1. The van der Waals surface area contributed by atoms with Crippen LogP contribution in [-0.4, -0.2) is 81.9 Å². The molecule has 2 aliphatic heterocycles. The Labute approximate surface area is 230 Å². The summed E-state index contributed by atoms with van der Waals surface area (Å²) in [4.78, 5) is 48.4. The van der Waals surface area contributed by atoms with Gasteiger partial charge in [-0.2, -0.15) is 4.99 Å². The fraction of sp³-hybridized carbons (Fsp3) is 0.375. The highest BCUT2D eigenvalue weighted by Crippen LogP contribution is 2.47. The van der Waals surface area contributed by atoms with Crippen molar-refractivity contribution in [1.82, 2.24) is 20.9 Å². The average Bonchev–Trinajstić information content (AvgIpc) is 2.90. The van der Waals surface area contributed by atoms with Crippen molar-refractivity contribution in [2.75, 3.05) is 39.3 Å². The summed E-state index contributed by atoms with van der Waals surface area (Å²) in [5.41, 5.74) is 0.931. The molecule has 3 N–H and O–H groups in total. The van der Waals surface area contributed by atoms with E-state index >= 15 is 0 Å². The highest BCUT2D eigenvalue weighted by Gasteiger charge is 2.35. The van der Waals surface area contributed by atoms with Crippen LogP contribution in [0.3, 0.4) is 0 Å². The lowest BCUT2D eigenvalue weighted by atomic mass is 10.00. The topological polar surface area (TPSA) is 137 Å². The van der Waals surface area contributed by atoms with E-state index in [1.165, 1.54) is 30.1 Å². The van der Waals surface area contributed by atoms with Gasteiger partial charge in [-0.1, -0.05) is 29.8 Å². The Morgan fingerprint density at radius 1 is 1.18 bits per heavy atom. The number of benzene rings is 1. The van der Waals surface area contributed by atoms with Crippen molar-refractivity contribution in [3.8, 4) is 11.5 Å². The summed E-state index contributed by atoms with van der Waals surface area (Å²) in [5, 5.41) is 8.88. The Balaban J connectivity index is 1.94. The van der Waals surface area contributed by atoms with E-state index in [2.05, 4.69) is 39.2 Å². The first-order valence-electron chi connectivity index (χ1n) is 11.4. The van der Waals surface area contributed by atoms with E-state index in [4.69, 9.17) is 32.7 Å². The van der Waals surface area contributed by atoms with E-state index in [1.807, 2.05) is 0 Å². The molecule has 2 unspecified atom stereocenters. The number of rotatable bonds is 7. The number of aliphatic imine (C=N–C) groups is 2. The molecule has 0 aliphatic carbocycles. The van der Waals surface area contributed by atoms with Crippen LogP contribution in [0.15, 0.2) is 40.1 Å². The molecule has 2 atom stereocenters. The van der Waals surface area contributed by atoms with Crippen LogP contribution in [0.1, 0.15) is 13.3 Å². The Hall–Kier alpha value is -3.77. The number of methoxy groups -OCH3 is 2. The quantitative estimate of drug-likeness (QED) is 0.263. The molecule has 0 radical (unpaired) electrons. The van der Waals surface area contributed by atoms with Gasteiger partial charge in [-0.3, -0.25) is 19.4 Å². The zero-order valence-corrected chi connectivity index (χ0v) is 22.9. The smallest absolute Gasteiger partial charge is 0.330 e. The number of halogens is 2. The van der Waals surface area contributed by atoms with Crippen LogP contribution in [-0.2, 0) is 9.59 Å². The number of piperidine rings is 1. The van der Waals surface area contributed by atoms with Crippen molar-refractivity contribution in [3.63, 3.8) is 0 Å². The highest BCUT2D eigenvalue weighted by molar-refractivity contribution is 6.41. The first kappa shape index (κ1) is 28.8. The van der Waals surface area contributed by atoms with Crippen molar-refractivity contribution in [1.29, 1.82) is 0 Å². The zero-order valence-electron chi connectivity index (χ0n) is 21.4. The second kappa shape index (κ2) is 12.2. The minimum absolute atomic E-state index is 0.0578. The standard InChI is InChI=1S/C24H29Cl2N7O5/c1-7-17(34)29-13-8-18(35)28-10-14(13)30-23(27-3)31-22-12(2)11-33(24(36)32(22)4)21-19(25)15(37-5)9-16(38-6)20(21)26/h7,9,13-14H,1,3,8,10-11H2,2,4-6H3,(H,28,35)(H,29,34)(H,30,31). The summed E-state index contributed by atoms with van der Waals surface area (Å²) in [6.07, 6.45) is 1.19. The van der Waals surface area contributed by atoms with Gasteiger partial charge in [0.2, 0.25) is 17.8 Å². The van der Waals surface area contributed by atoms with Crippen molar-refractivity contribution in [2.45, 2.75) is 25.4 Å². The second-order valence-corrected chi connectivity index (χ2v) is 9.22. The average molecular weight is 566 g/mol. The van der Waals surface area contributed by atoms with E-state index in [1.54, 1.807) is 14.0 Å². The van der Waals surface area contributed by atoms with Gasteiger partial charge in [0, 0.05) is 26.1 Å². The maximum atomic E-state index is 13.5. The fourth-order valence-electron chi connectivity index (χ4n) is 4.09. The van der Waals surface area contributed by atoms with E-state index in [9.17, 15) is 14.4 Å². The van der Waals surface area contributed by atoms with Crippen LogP contribution in [0, 0.1) is 0 Å². The van der Waals surface area contributed by atoms with Crippen molar-refractivity contribution in [3.05, 3.63) is 40.2 Å².